The second-order valence-electron chi connectivity index (χ2n) is 5.45. The van der Waals surface area contributed by atoms with Gasteiger partial charge in [0, 0.05) is 5.56 Å². The molecule has 24 heavy (non-hydrogen) atoms. The molecule has 0 fully saturated rings. The number of quaternary nitrogens is 1. The Labute approximate surface area is 139 Å². The predicted octanol–water partition coefficient (Wildman–Crippen LogP) is 0.120. The minimum Gasteiger partial charge on any atom is -0.454 e. The Bertz CT molecular complexity index is 712. The summed E-state index contributed by atoms with van der Waals surface area (Å²) in [5, 5.41) is 6.66. The van der Waals surface area contributed by atoms with Gasteiger partial charge in [-0.25, -0.2) is 0 Å². The zero-order valence-corrected chi connectivity index (χ0v) is 13.8. The number of likely N-dealkylation sites (N-methyl/N-ethyl adjacent to an activating group) is 1. The fourth-order valence-corrected chi connectivity index (χ4v) is 2.50. The van der Waals surface area contributed by atoms with E-state index in [1.165, 1.54) is 4.90 Å². The van der Waals surface area contributed by atoms with Crippen LogP contribution >= 0.6 is 0 Å². The Kier molecular flexibility index (Phi) is 4.95. The van der Waals surface area contributed by atoms with Crippen LogP contribution in [-0.4, -0.2) is 49.0 Å². The highest BCUT2D eigenvalue weighted by Gasteiger charge is 2.19. The quantitative estimate of drug-likeness (QED) is 0.748. The third-order valence-corrected chi connectivity index (χ3v) is 4.02. The monoisotopic (exact) mass is 333 g/mol. The summed E-state index contributed by atoms with van der Waals surface area (Å²) in [6.45, 7) is 7.93. The number of aromatic nitrogens is 2. The first-order chi connectivity index (χ1) is 11.7. The van der Waals surface area contributed by atoms with E-state index < -0.39 is 0 Å². The molecule has 0 spiro atoms. The van der Waals surface area contributed by atoms with Gasteiger partial charge in [0.1, 0.15) is 0 Å². The van der Waals surface area contributed by atoms with E-state index in [2.05, 4.69) is 29.3 Å². The first-order valence-corrected chi connectivity index (χ1v) is 8.06. The second-order valence-corrected chi connectivity index (χ2v) is 5.45. The van der Waals surface area contributed by atoms with Crippen LogP contribution < -0.4 is 19.7 Å². The molecule has 0 radical (unpaired) electrons. The van der Waals surface area contributed by atoms with E-state index in [0.717, 1.165) is 19.6 Å². The van der Waals surface area contributed by atoms with Crippen LogP contribution in [0.5, 0.6) is 11.5 Å². The van der Waals surface area contributed by atoms with Crippen LogP contribution in [0.4, 0.5) is 0 Å². The number of hydrogen-bond donors (Lipinski definition) is 2. The number of nitrogens with one attached hydrogen (secondary N) is 2. The van der Waals surface area contributed by atoms with Crippen molar-refractivity contribution in [3.05, 3.63) is 24.1 Å². The fourth-order valence-electron chi connectivity index (χ4n) is 2.50. The highest BCUT2D eigenvalue weighted by Crippen LogP contribution is 2.35. The Morgan fingerprint density at radius 2 is 2.04 bits per heavy atom. The SMILES string of the molecule is CC[NH+](CC)CCNC(=O)c1nc(-c2ccc3c(c2)OCO3)no1. The maximum atomic E-state index is 12.1. The number of ether oxygens (including phenoxy) is 2. The van der Waals surface area contributed by atoms with E-state index >= 15 is 0 Å². The van der Waals surface area contributed by atoms with Crippen LogP contribution in [0, 0.1) is 0 Å². The minimum atomic E-state index is -0.360. The number of hydrogen-bond acceptors (Lipinski definition) is 6. The van der Waals surface area contributed by atoms with Crippen molar-refractivity contribution in [2.75, 3.05) is 33.0 Å². The number of benzene rings is 1. The highest BCUT2D eigenvalue weighted by atomic mass is 16.7. The third kappa shape index (κ3) is 3.48. The van der Waals surface area contributed by atoms with Gasteiger partial charge in [0.05, 0.1) is 26.2 Å². The molecule has 128 valence electrons. The Hall–Kier alpha value is -2.61. The zero-order chi connectivity index (χ0) is 16.9. The maximum Gasteiger partial charge on any atom is 0.316 e. The third-order valence-electron chi connectivity index (χ3n) is 4.02. The first-order valence-electron chi connectivity index (χ1n) is 8.06. The molecule has 2 N–H and O–H groups in total. The van der Waals surface area contributed by atoms with Crippen molar-refractivity contribution in [2.45, 2.75) is 13.8 Å². The Morgan fingerprint density at radius 1 is 1.25 bits per heavy atom. The van der Waals surface area contributed by atoms with E-state index in [-0.39, 0.29) is 18.6 Å². The van der Waals surface area contributed by atoms with Crippen molar-refractivity contribution in [2.24, 2.45) is 0 Å². The number of fused-ring (bicyclic) bond motifs is 1. The minimum absolute atomic E-state index is 0.0442. The molecule has 0 atom stereocenters. The summed E-state index contributed by atoms with van der Waals surface area (Å²) >= 11 is 0. The summed E-state index contributed by atoms with van der Waals surface area (Å²) < 4.78 is 15.6. The van der Waals surface area contributed by atoms with Crippen molar-refractivity contribution < 1.29 is 23.7 Å². The molecule has 0 unspecified atom stereocenters. The van der Waals surface area contributed by atoms with Crippen LogP contribution in [0.25, 0.3) is 11.4 Å². The lowest BCUT2D eigenvalue weighted by molar-refractivity contribution is -0.895. The van der Waals surface area contributed by atoms with Gasteiger partial charge in [0.2, 0.25) is 12.6 Å². The molecule has 2 aromatic rings. The molecule has 1 amide bonds. The van der Waals surface area contributed by atoms with Crippen molar-refractivity contribution in [1.29, 1.82) is 0 Å². The van der Waals surface area contributed by atoms with Gasteiger partial charge in [-0.3, -0.25) is 4.79 Å². The number of carbonyl (C=O) groups excluding carboxylic acids is 1. The van der Waals surface area contributed by atoms with E-state index in [0.29, 0.717) is 29.4 Å². The van der Waals surface area contributed by atoms with Crippen LogP contribution in [0.1, 0.15) is 24.5 Å². The lowest BCUT2D eigenvalue weighted by atomic mass is 10.2. The zero-order valence-electron chi connectivity index (χ0n) is 13.8. The van der Waals surface area contributed by atoms with Gasteiger partial charge >= 0.3 is 11.8 Å². The summed E-state index contributed by atoms with van der Waals surface area (Å²) in [6, 6.07) is 5.34. The Balaban J connectivity index is 1.62. The van der Waals surface area contributed by atoms with Gasteiger partial charge < -0.3 is 24.2 Å². The highest BCUT2D eigenvalue weighted by molar-refractivity contribution is 5.89. The molecule has 1 aromatic carbocycles. The average Bonchev–Trinajstić information content (AvgIpc) is 3.26. The lowest BCUT2D eigenvalue weighted by Crippen LogP contribution is -3.12. The smallest absolute Gasteiger partial charge is 0.316 e. The van der Waals surface area contributed by atoms with Gasteiger partial charge in [-0.15, -0.1) is 0 Å². The second kappa shape index (κ2) is 7.31. The summed E-state index contributed by atoms with van der Waals surface area (Å²) in [6.07, 6.45) is 0. The molecular formula is C16H21N4O4+. The maximum absolute atomic E-state index is 12.1. The molecule has 0 saturated heterocycles. The van der Waals surface area contributed by atoms with Crippen LogP contribution in [-0.2, 0) is 0 Å². The molecule has 3 rings (SSSR count). The first kappa shape index (κ1) is 16.3. The molecule has 8 heteroatoms. The van der Waals surface area contributed by atoms with Gasteiger partial charge in [-0.05, 0) is 32.0 Å². The molecule has 2 heterocycles. The van der Waals surface area contributed by atoms with E-state index in [4.69, 9.17) is 14.0 Å². The van der Waals surface area contributed by atoms with Crippen LogP contribution in [0.3, 0.4) is 0 Å². The molecule has 0 aliphatic carbocycles. The molecular weight excluding hydrogens is 312 g/mol. The van der Waals surface area contributed by atoms with Gasteiger partial charge in [-0.1, -0.05) is 5.16 Å². The lowest BCUT2D eigenvalue weighted by Gasteiger charge is -2.14. The number of rotatable bonds is 7. The normalized spacial score (nSPS) is 12.6. The molecule has 1 aliphatic heterocycles. The largest absolute Gasteiger partial charge is 0.454 e. The Morgan fingerprint density at radius 3 is 2.83 bits per heavy atom. The van der Waals surface area contributed by atoms with Gasteiger partial charge in [0.15, 0.2) is 11.5 Å². The van der Waals surface area contributed by atoms with Crippen molar-refractivity contribution in [3.8, 4) is 22.9 Å². The summed E-state index contributed by atoms with van der Waals surface area (Å²) in [4.78, 5) is 17.6. The fraction of sp³-hybridized carbons (Fsp3) is 0.438. The number of carbonyl (C=O) groups is 1. The van der Waals surface area contributed by atoms with E-state index in [1.807, 2.05) is 0 Å². The van der Waals surface area contributed by atoms with Gasteiger partial charge in [0.25, 0.3) is 0 Å². The number of amides is 1. The van der Waals surface area contributed by atoms with Crippen molar-refractivity contribution in [3.63, 3.8) is 0 Å². The number of nitrogens with zero attached hydrogens (tertiary/aromatic N) is 2. The summed E-state index contributed by atoms with van der Waals surface area (Å²) in [5.74, 6) is 1.25. The van der Waals surface area contributed by atoms with E-state index in [1.54, 1.807) is 18.2 Å². The molecule has 1 aromatic heterocycles. The average molecular weight is 333 g/mol. The molecule has 0 bridgehead atoms. The summed E-state index contributed by atoms with van der Waals surface area (Å²) in [5.41, 5.74) is 0.703. The van der Waals surface area contributed by atoms with Crippen molar-refractivity contribution in [1.82, 2.24) is 15.5 Å². The standard InChI is InChI=1S/C16H20N4O4/c1-3-20(4-2)8-7-17-15(21)16-18-14(19-24-16)11-5-6-12-13(9-11)23-10-22-12/h5-6,9H,3-4,7-8,10H2,1-2H3,(H,17,21)/p+1. The topological polar surface area (TPSA) is 90.9 Å². The van der Waals surface area contributed by atoms with Crippen LogP contribution in [0.2, 0.25) is 0 Å². The van der Waals surface area contributed by atoms with Crippen molar-refractivity contribution >= 4 is 5.91 Å². The van der Waals surface area contributed by atoms with Crippen LogP contribution in [0.15, 0.2) is 22.7 Å². The molecule has 1 aliphatic rings. The van der Waals surface area contributed by atoms with E-state index in [9.17, 15) is 4.79 Å². The molecule has 0 saturated carbocycles. The summed E-state index contributed by atoms with van der Waals surface area (Å²) in [7, 11) is 0. The predicted molar refractivity (Wildman–Crippen MR) is 85.1 cm³/mol. The van der Waals surface area contributed by atoms with Gasteiger partial charge in [-0.2, -0.15) is 4.98 Å². The molecule has 8 nitrogen and oxygen atoms in total.